The molecule has 0 radical (unpaired) electrons. The van der Waals surface area contributed by atoms with Crippen LogP contribution in [0.15, 0.2) is 11.6 Å². The number of nitrogens with zero attached hydrogens (tertiary/aromatic N) is 1. The van der Waals surface area contributed by atoms with E-state index >= 15 is 0 Å². The van der Waals surface area contributed by atoms with Gasteiger partial charge in [0.15, 0.2) is 0 Å². The van der Waals surface area contributed by atoms with E-state index in [0.29, 0.717) is 12.8 Å². The SMILES string of the molecule is CC1=CCC(C)([N+](=O)[O-])CC1. The van der Waals surface area contributed by atoms with Crippen LogP contribution in [0.3, 0.4) is 0 Å². The summed E-state index contributed by atoms with van der Waals surface area (Å²) in [6, 6.07) is 0. The predicted molar refractivity (Wildman–Crippen MR) is 43.0 cm³/mol. The Hall–Kier alpha value is -0.860. The van der Waals surface area contributed by atoms with E-state index in [1.807, 2.05) is 13.0 Å². The molecular weight excluding hydrogens is 142 g/mol. The van der Waals surface area contributed by atoms with Crippen molar-refractivity contribution in [2.75, 3.05) is 0 Å². The maximum Gasteiger partial charge on any atom is 0.223 e. The maximum atomic E-state index is 10.6. The highest BCUT2D eigenvalue weighted by molar-refractivity contribution is 5.06. The van der Waals surface area contributed by atoms with Crippen molar-refractivity contribution in [3.8, 4) is 0 Å². The van der Waals surface area contributed by atoms with Gasteiger partial charge in [0.25, 0.3) is 0 Å². The van der Waals surface area contributed by atoms with E-state index in [9.17, 15) is 10.1 Å². The molecule has 0 aromatic heterocycles. The lowest BCUT2D eigenvalue weighted by atomic mass is 9.85. The fraction of sp³-hybridized carbons (Fsp3) is 0.750. The Kier molecular flexibility index (Phi) is 1.98. The fourth-order valence-corrected chi connectivity index (χ4v) is 1.23. The summed E-state index contributed by atoms with van der Waals surface area (Å²) >= 11 is 0. The third-order valence-corrected chi connectivity index (χ3v) is 2.39. The quantitative estimate of drug-likeness (QED) is 0.331. The van der Waals surface area contributed by atoms with Crippen molar-refractivity contribution < 1.29 is 4.92 Å². The average molecular weight is 155 g/mol. The maximum absolute atomic E-state index is 10.6. The second kappa shape index (κ2) is 2.64. The summed E-state index contributed by atoms with van der Waals surface area (Å²) in [6.07, 6.45) is 4.12. The van der Waals surface area contributed by atoms with Crippen molar-refractivity contribution in [3.05, 3.63) is 21.8 Å². The predicted octanol–water partition coefficient (Wildman–Crippen LogP) is 2.15. The highest BCUT2D eigenvalue weighted by atomic mass is 16.6. The molecule has 0 fully saturated rings. The van der Waals surface area contributed by atoms with Gasteiger partial charge in [-0.25, -0.2) is 0 Å². The molecule has 3 heteroatoms. The topological polar surface area (TPSA) is 43.1 Å². The van der Waals surface area contributed by atoms with Crippen LogP contribution >= 0.6 is 0 Å². The molecule has 0 heterocycles. The van der Waals surface area contributed by atoms with E-state index in [-0.39, 0.29) is 4.92 Å². The molecule has 0 amide bonds. The van der Waals surface area contributed by atoms with Crippen LogP contribution in [-0.4, -0.2) is 10.5 Å². The first-order valence-corrected chi connectivity index (χ1v) is 3.85. The van der Waals surface area contributed by atoms with Crippen LogP contribution in [0.4, 0.5) is 0 Å². The standard InChI is InChI=1S/C8H13NO2/c1-7-3-5-8(2,6-4-7)9(10)11/h3H,4-6H2,1-2H3. The normalized spacial score (nSPS) is 31.3. The van der Waals surface area contributed by atoms with E-state index in [2.05, 4.69) is 0 Å². The van der Waals surface area contributed by atoms with Crippen LogP contribution in [0, 0.1) is 10.1 Å². The van der Waals surface area contributed by atoms with Crippen molar-refractivity contribution in [2.24, 2.45) is 0 Å². The van der Waals surface area contributed by atoms with Gasteiger partial charge in [-0.05, 0) is 13.3 Å². The Morgan fingerprint density at radius 1 is 1.73 bits per heavy atom. The molecule has 1 unspecified atom stereocenters. The number of allylic oxidation sites excluding steroid dienone is 1. The van der Waals surface area contributed by atoms with Gasteiger partial charge in [0.2, 0.25) is 5.54 Å². The molecule has 1 rings (SSSR count). The van der Waals surface area contributed by atoms with Gasteiger partial charge in [-0.3, -0.25) is 10.1 Å². The highest BCUT2D eigenvalue weighted by Crippen LogP contribution is 2.29. The first-order chi connectivity index (χ1) is 5.04. The summed E-state index contributed by atoms with van der Waals surface area (Å²) < 4.78 is 0. The third-order valence-electron chi connectivity index (χ3n) is 2.39. The molecule has 1 aliphatic carbocycles. The summed E-state index contributed by atoms with van der Waals surface area (Å²) in [5, 5.41) is 10.6. The van der Waals surface area contributed by atoms with Crippen LogP contribution < -0.4 is 0 Å². The molecule has 0 aliphatic heterocycles. The Morgan fingerprint density at radius 3 is 2.73 bits per heavy atom. The van der Waals surface area contributed by atoms with Crippen LogP contribution in [0.2, 0.25) is 0 Å². The summed E-state index contributed by atoms with van der Waals surface area (Å²) in [5.41, 5.74) is 0.587. The van der Waals surface area contributed by atoms with Crippen molar-refractivity contribution >= 4 is 0 Å². The van der Waals surface area contributed by atoms with Gasteiger partial charge in [0, 0.05) is 24.7 Å². The van der Waals surface area contributed by atoms with Gasteiger partial charge in [0.05, 0.1) is 0 Å². The number of nitro groups is 1. The lowest BCUT2D eigenvalue weighted by Gasteiger charge is -2.23. The fourth-order valence-electron chi connectivity index (χ4n) is 1.23. The number of hydrogen-bond donors (Lipinski definition) is 0. The van der Waals surface area contributed by atoms with Gasteiger partial charge in [-0.15, -0.1) is 0 Å². The zero-order valence-corrected chi connectivity index (χ0v) is 6.96. The molecule has 1 atom stereocenters. The molecule has 0 aromatic carbocycles. The third kappa shape index (κ3) is 1.59. The largest absolute Gasteiger partial charge is 0.264 e. The summed E-state index contributed by atoms with van der Waals surface area (Å²) in [6.45, 7) is 3.75. The summed E-state index contributed by atoms with van der Waals surface area (Å²) in [4.78, 5) is 10.4. The minimum Gasteiger partial charge on any atom is -0.264 e. The second-order valence-electron chi connectivity index (χ2n) is 3.51. The van der Waals surface area contributed by atoms with Crippen molar-refractivity contribution in [3.63, 3.8) is 0 Å². The lowest BCUT2D eigenvalue weighted by Crippen LogP contribution is -2.35. The van der Waals surface area contributed by atoms with Gasteiger partial charge >= 0.3 is 0 Å². The van der Waals surface area contributed by atoms with Crippen molar-refractivity contribution in [1.82, 2.24) is 0 Å². The smallest absolute Gasteiger partial charge is 0.223 e. The molecule has 0 bridgehead atoms. The molecule has 0 aromatic rings. The lowest BCUT2D eigenvalue weighted by molar-refractivity contribution is -0.566. The monoisotopic (exact) mass is 155 g/mol. The van der Waals surface area contributed by atoms with E-state index in [4.69, 9.17) is 0 Å². The summed E-state index contributed by atoms with van der Waals surface area (Å²) in [7, 11) is 0. The minimum absolute atomic E-state index is 0.157. The van der Waals surface area contributed by atoms with Crippen LogP contribution in [-0.2, 0) is 0 Å². The molecule has 11 heavy (non-hydrogen) atoms. The summed E-state index contributed by atoms with van der Waals surface area (Å²) in [5.74, 6) is 0. The second-order valence-corrected chi connectivity index (χ2v) is 3.51. The van der Waals surface area contributed by atoms with Gasteiger partial charge in [0.1, 0.15) is 0 Å². The minimum atomic E-state index is -0.695. The van der Waals surface area contributed by atoms with Crippen LogP contribution in [0.1, 0.15) is 33.1 Å². The molecule has 0 N–H and O–H groups in total. The highest BCUT2D eigenvalue weighted by Gasteiger charge is 2.37. The number of hydrogen-bond acceptors (Lipinski definition) is 2. The van der Waals surface area contributed by atoms with E-state index in [0.717, 1.165) is 6.42 Å². The molecule has 0 saturated carbocycles. The molecule has 3 nitrogen and oxygen atoms in total. The van der Waals surface area contributed by atoms with E-state index in [1.165, 1.54) is 5.57 Å². The Labute approximate surface area is 66.3 Å². The van der Waals surface area contributed by atoms with Crippen LogP contribution in [0.25, 0.3) is 0 Å². The zero-order chi connectivity index (χ0) is 8.48. The van der Waals surface area contributed by atoms with Gasteiger partial charge < -0.3 is 0 Å². The molecular formula is C8H13NO2. The Morgan fingerprint density at radius 2 is 2.36 bits per heavy atom. The Balaban J connectivity index is 2.71. The molecule has 62 valence electrons. The zero-order valence-electron chi connectivity index (χ0n) is 6.96. The Bertz CT molecular complexity index is 210. The van der Waals surface area contributed by atoms with E-state index < -0.39 is 5.54 Å². The molecule has 0 saturated heterocycles. The van der Waals surface area contributed by atoms with Gasteiger partial charge in [-0.1, -0.05) is 11.6 Å². The molecule has 1 aliphatic rings. The van der Waals surface area contributed by atoms with Gasteiger partial charge in [-0.2, -0.15) is 0 Å². The average Bonchev–Trinajstić information content (AvgIpc) is 1.95. The van der Waals surface area contributed by atoms with Crippen molar-refractivity contribution in [1.29, 1.82) is 0 Å². The number of rotatable bonds is 1. The van der Waals surface area contributed by atoms with E-state index in [1.54, 1.807) is 6.92 Å². The first kappa shape index (κ1) is 8.24. The van der Waals surface area contributed by atoms with Crippen molar-refractivity contribution in [2.45, 2.75) is 38.6 Å². The first-order valence-electron chi connectivity index (χ1n) is 3.85. The molecule has 0 spiro atoms. The van der Waals surface area contributed by atoms with Crippen LogP contribution in [0.5, 0.6) is 0 Å².